The average molecular weight is 255 g/mol. The van der Waals surface area contributed by atoms with Crippen molar-refractivity contribution in [3.8, 4) is 6.07 Å². The minimum atomic E-state index is 0.0302. The molecule has 0 bridgehead atoms. The summed E-state index contributed by atoms with van der Waals surface area (Å²) < 4.78 is 0. The molecule has 2 rings (SSSR count). The molecule has 100 valence electrons. The van der Waals surface area contributed by atoms with Crippen molar-refractivity contribution >= 4 is 5.69 Å². The Balaban J connectivity index is 2.02. The molecule has 1 heterocycles. The Hall–Kier alpha value is -1.79. The summed E-state index contributed by atoms with van der Waals surface area (Å²) >= 11 is 0. The maximum Gasteiger partial charge on any atom is 0.0957 e. The summed E-state index contributed by atoms with van der Waals surface area (Å²) in [5, 5.41) is 12.0. The number of nitrogens with zero attached hydrogens (tertiary/aromatic N) is 2. The van der Waals surface area contributed by atoms with Gasteiger partial charge in [-0.2, -0.15) is 5.26 Å². The zero-order valence-electron chi connectivity index (χ0n) is 11.5. The lowest BCUT2D eigenvalue weighted by Gasteiger charge is -2.19. The van der Waals surface area contributed by atoms with Gasteiger partial charge in [0.25, 0.3) is 0 Å². The maximum atomic E-state index is 8.91. The van der Waals surface area contributed by atoms with E-state index < -0.39 is 0 Å². The smallest absolute Gasteiger partial charge is 0.0957 e. The van der Waals surface area contributed by atoms with Crippen LogP contribution in [0.5, 0.6) is 0 Å². The first-order chi connectivity index (χ1) is 9.24. The van der Waals surface area contributed by atoms with Gasteiger partial charge < -0.3 is 10.2 Å². The number of nitrogens with one attached hydrogen (secondary N) is 1. The molecule has 1 aliphatic rings. The van der Waals surface area contributed by atoms with Crippen molar-refractivity contribution < 1.29 is 0 Å². The Labute approximate surface area is 115 Å². The quantitative estimate of drug-likeness (QED) is 0.822. The monoisotopic (exact) mass is 255 g/mol. The summed E-state index contributed by atoms with van der Waals surface area (Å²) in [5.74, 6) is 0. The molecule has 1 atom stereocenters. The largest absolute Gasteiger partial charge is 0.372 e. The zero-order valence-corrected chi connectivity index (χ0v) is 11.5. The van der Waals surface area contributed by atoms with Crippen LogP contribution in [0.4, 0.5) is 5.69 Å². The fourth-order valence-electron chi connectivity index (χ4n) is 2.53. The summed E-state index contributed by atoms with van der Waals surface area (Å²) in [6.07, 6.45) is 3.40. The molecule has 0 radical (unpaired) electrons. The number of hydrogen-bond donors (Lipinski definition) is 1. The van der Waals surface area contributed by atoms with Crippen molar-refractivity contribution in [3.05, 3.63) is 42.0 Å². The molecule has 1 aromatic carbocycles. The van der Waals surface area contributed by atoms with Crippen molar-refractivity contribution in [2.45, 2.75) is 25.3 Å². The average Bonchev–Trinajstić information content (AvgIpc) is 2.98. The highest BCUT2D eigenvalue weighted by molar-refractivity contribution is 5.48. The second-order valence-corrected chi connectivity index (χ2v) is 5.04. The van der Waals surface area contributed by atoms with Crippen LogP contribution < -0.4 is 10.2 Å². The molecular weight excluding hydrogens is 234 g/mol. The normalized spacial score (nSPS) is 16.1. The summed E-state index contributed by atoms with van der Waals surface area (Å²) in [6, 6.07) is 10.8. The third-order valence-corrected chi connectivity index (χ3v) is 3.76. The molecule has 3 heteroatoms. The number of anilines is 1. The molecule has 19 heavy (non-hydrogen) atoms. The standard InChI is InChI=1S/C16H21N3/c1-13(12-17)16(18-2)11-14-5-7-15(8-6-14)19-9-3-4-10-19/h5-8,16,18H,1,3-4,9-11H2,2H3. The van der Waals surface area contributed by atoms with E-state index in [1.54, 1.807) is 0 Å². The third kappa shape index (κ3) is 3.36. The van der Waals surface area contributed by atoms with E-state index in [9.17, 15) is 0 Å². The molecule has 1 aliphatic heterocycles. The predicted molar refractivity (Wildman–Crippen MR) is 79.2 cm³/mol. The Morgan fingerprint density at radius 3 is 2.53 bits per heavy atom. The van der Waals surface area contributed by atoms with Crippen LogP contribution >= 0.6 is 0 Å². The van der Waals surface area contributed by atoms with E-state index in [0.717, 1.165) is 6.42 Å². The minimum absolute atomic E-state index is 0.0302. The van der Waals surface area contributed by atoms with Crippen molar-refractivity contribution in [2.75, 3.05) is 25.0 Å². The first-order valence-electron chi connectivity index (χ1n) is 6.84. The highest BCUT2D eigenvalue weighted by Crippen LogP contribution is 2.21. The van der Waals surface area contributed by atoms with E-state index in [0.29, 0.717) is 5.57 Å². The van der Waals surface area contributed by atoms with E-state index in [-0.39, 0.29) is 6.04 Å². The van der Waals surface area contributed by atoms with Crippen LogP contribution in [0.15, 0.2) is 36.4 Å². The van der Waals surface area contributed by atoms with Gasteiger partial charge in [0.1, 0.15) is 0 Å². The fourth-order valence-corrected chi connectivity index (χ4v) is 2.53. The molecule has 0 spiro atoms. The Morgan fingerprint density at radius 2 is 2.00 bits per heavy atom. The van der Waals surface area contributed by atoms with Crippen LogP contribution in [0.3, 0.4) is 0 Å². The summed E-state index contributed by atoms with van der Waals surface area (Å²) in [5.41, 5.74) is 3.13. The van der Waals surface area contributed by atoms with Crippen molar-refractivity contribution in [2.24, 2.45) is 0 Å². The molecule has 1 N–H and O–H groups in total. The Kier molecular flexibility index (Phi) is 4.59. The molecule has 0 aliphatic carbocycles. The molecule has 0 amide bonds. The maximum absolute atomic E-state index is 8.91. The lowest BCUT2D eigenvalue weighted by Crippen LogP contribution is -2.28. The first-order valence-corrected chi connectivity index (χ1v) is 6.84. The predicted octanol–water partition coefficient (Wildman–Crippen LogP) is 2.50. The highest BCUT2D eigenvalue weighted by Gasteiger charge is 2.13. The summed E-state index contributed by atoms with van der Waals surface area (Å²) in [7, 11) is 1.87. The minimum Gasteiger partial charge on any atom is -0.372 e. The number of nitriles is 1. The first kappa shape index (κ1) is 13.6. The molecule has 1 aromatic rings. The van der Waals surface area contributed by atoms with Gasteiger partial charge in [-0.15, -0.1) is 0 Å². The number of hydrogen-bond acceptors (Lipinski definition) is 3. The van der Waals surface area contributed by atoms with Gasteiger partial charge in [-0.1, -0.05) is 18.7 Å². The van der Waals surface area contributed by atoms with Crippen molar-refractivity contribution in [1.82, 2.24) is 5.32 Å². The molecule has 0 saturated carbocycles. The second-order valence-electron chi connectivity index (χ2n) is 5.04. The van der Waals surface area contributed by atoms with Gasteiger partial charge in [-0.3, -0.25) is 0 Å². The van der Waals surface area contributed by atoms with Crippen LogP contribution in [0.2, 0.25) is 0 Å². The van der Waals surface area contributed by atoms with Gasteiger partial charge in [-0.05, 0) is 44.0 Å². The van der Waals surface area contributed by atoms with Gasteiger partial charge in [0.15, 0.2) is 0 Å². The lowest BCUT2D eigenvalue weighted by molar-refractivity contribution is 0.647. The Morgan fingerprint density at radius 1 is 1.37 bits per heavy atom. The van der Waals surface area contributed by atoms with E-state index >= 15 is 0 Å². The number of rotatable bonds is 5. The second kappa shape index (κ2) is 6.40. The molecular formula is C16H21N3. The fraction of sp³-hybridized carbons (Fsp3) is 0.438. The molecule has 1 unspecified atom stereocenters. The van der Waals surface area contributed by atoms with E-state index in [2.05, 4.69) is 47.1 Å². The van der Waals surface area contributed by atoms with Crippen LogP contribution in [-0.2, 0) is 6.42 Å². The van der Waals surface area contributed by atoms with Crippen molar-refractivity contribution in [1.29, 1.82) is 5.26 Å². The van der Waals surface area contributed by atoms with Gasteiger partial charge in [0.2, 0.25) is 0 Å². The number of likely N-dealkylation sites (N-methyl/N-ethyl adjacent to an activating group) is 1. The number of benzene rings is 1. The van der Waals surface area contributed by atoms with E-state index in [1.807, 2.05) is 7.05 Å². The summed E-state index contributed by atoms with van der Waals surface area (Å²) in [4.78, 5) is 2.42. The molecule has 0 aromatic heterocycles. The molecule has 1 saturated heterocycles. The van der Waals surface area contributed by atoms with Gasteiger partial charge >= 0.3 is 0 Å². The van der Waals surface area contributed by atoms with Crippen LogP contribution in [0.25, 0.3) is 0 Å². The van der Waals surface area contributed by atoms with Gasteiger partial charge in [0.05, 0.1) is 6.07 Å². The molecule has 1 fully saturated rings. The third-order valence-electron chi connectivity index (χ3n) is 3.76. The van der Waals surface area contributed by atoms with Crippen molar-refractivity contribution in [3.63, 3.8) is 0 Å². The Bertz CT molecular complexity index is 464. The zero-order chi connectivity index (χ0) is 13.7. The highest BCUT2D eigenvalue weighted by atomic mass is 15.1. The van der Waals surface area contributed by atoms with Gasteiger partial charge in [-0.25, -0.2) is 0 Å². The lowest BCUT2D eigenvalue weighted by atomic mass is 10.0. The van der Waals surface area contributed by atoms with Crippen LogP contribution in [0.1, 0.15) is 18.4 Å². The SMILES string of the molecule is C=C(C#N)C(Cc1ccc(N2CCCC2)cc1)NC. The van der Waals surface area contributed by atoms with E-state index in [1.165, 1.54) is 37.2 Å². The topological polar surface area (TPSA) is 39.1 Å². The summed E-state index contributed by atoms with van der Waals surface area (Å²) in [6.45, 7) is 6.13. The van der Waals surface area contributed by atoms with E-state index in [4.69, 9.17) is 5.26 Å². The van der Waals surface area contributed by atoms with Crippen LogP contribution in [0, 0.1) is 11.3 Å². The molecule has 3 nitrogen and oxygen atoms in total. The van der Waals surface area contributed by atoms with Crippen LogP contribution in [-0.4, -0.2) is 26.2 Å². The van der Waals surface area contributed by atoms with Gasteiger partial charge in [0, 0.05) is 30.4 Å².